The normalized spacial score (nSPS) is 31.2. The van der Waals surface area contributed by atoms with E-state index in [0.29, 0.717) is 11.5 Å². The van der Waals surface area contributed by atoms with Gasteiger partial charge >= 0.3 is 0 Å². The van der Waals surface area contributed by atoms with Crippen molar-refractivity contribution in [3.63, 3.8) is 0 Å². The van der Waals surface area contributed by atoms with Gasteiger partial charge in [0.25, 0.3) is 0 Å². The van der Waals surface area contributed by atoms with E-state index in [0.717, 1.165) is 17.9 Å². The summed E-state index contributed by atoms with van der Waals surface area (Å²) in [6, 6.07) is 10.9. The molecule has 2 saturated carbocycles. The van der Waals surface area contributed by atoms with Crippen LogP contribution in [0, 0.1) is 11.3 Å². The van der Waals surface area contributed by atoms with Crippen LogP contribution in [0.15, 0.2) is 24.3 Å². The van der Waals surface area contributed by atoms with Gasteiger partial charge in [0.05, 0.1) is 0 Å². The van der Waals surface area contributed by atoms with Gasteiger partial charge in [-0.2, -0.15) is 0 Å². The van der Waals surface area contributed by atoms with Crippen LogP contribution >= 0.6 is 0 Å². The van der Waals surface area contributed by atoms with Crippen LogP contribution in [0.25, 0.3) is 0 Å². The lowest BCUT2D eigenvalue weighted by Crippen LogP contribution is -2.53. The lowest BCUT2D eigenvalue weighted by Gasteiger charge is -2.43. The van der Waals surface area contributed by atoms with Gasteiger partial charge in [-0.05, 0) is 74.3 Å². The van der Waals surface area contributed by atoms with E-state index < -0.39 is 0 Å². The number of hydrogen-bond acceptors (Lipinski definition) is 2. The Morgan fingerprint density at radius 3 is 2.19 bits per heavy atom. The Morgan fingerprint density at radius 1 is 0.885 bits per heavy atom. The fraction of sp³-hybridized carbons (Fsp3) is 0.750. The average molecular weight is 355 g/mol. The monoisotopic (exact) mass is 354 g/mol. The van der Waals surface area contributed by atoms with E-state index in [9.17, 15) is 0 Å². The van der Waals surface area contributed by atoms with Crippen molar-refractivity contribution >= 4 is 5.69 Å². The number of anilines is 1. The molecular weight excluding hydrogens is 316 g/mol. The highest BCUT2D eigenvalue weighted by molar-refractivity contribution is 5.56. The third-order valence-corrected chi connectivity index (χ3v) is 7.36. The lowest BCUT2D eigenvalue weighted by molar-refractivity contribution is 0.169. The first-order valence-corrected chi connectivity index (χ1v) is 11.0. The zero-order valence-electron chi connectivity index (χ0n) is 17.4. The molecule has 2 nitrogen and oxygen atoms in total. The van der Waals surface area contributed by atoms with E-state index in [-0.39, 0.29) is 0 Å². The van der Waals surface area contributed by atoms with Crippen molar-refractivity contribution in [3.8, 4) is 0 Å². The Labute approximate surface area is 161 Å². The number of rotatable bonds is 3. The summed E-state index contributed by atoms with van der Waals surface area (Å²) in [4.78, 5) is 5.45. The molecule has 0 aromatic heterocycles. The Balaban J connectivity index is 1.47. The summed E-state index contributed by atoms with van der Waals surface area (Å²) in [6.45, 7) is 13.4. The second-order valence-electron chi connectivity index (χ2n) is 10.2. The van der Waals surface area contributed by atoms with E-state index in [2.05, 4.69) is 61.8 Å². The molecule has 1 aromatic carbocycles. The average Bonchev–Trinajstić information content (AvgIpc) is 3.46. The number of benzene rings is 1. The number of hydrogen-bond donors (Lipinski definition) is 0. The minimum atomic E-state index is 0.470. The number of nitrogens with zero attached hydrogens (tertiary/aromatic N) is 2. The second kappa shape index (κ2) is 7.19. The molecule has 0 bridgehead atoms. The molecule has 3 aliphatic rings. The number of para-hydroxylation sites is 1. The molecule has 0 amide bonds. The van der Waals surface area contributed by atoms with E-state index >= 15 is 0 Å². The van der Waals surface area contributed by atoms with E-state index in [1.807, 2.05) is 0 Å². The molecule has 1 saturated heterocycles. The molecule has 1 aromatic rings. The van der Waals surface area contributed by atoms with Gasteiger partial charge in [-0.3, -0.25) is 4.90 Å². The molecule has 2 aliphatic carbocycles. The largest absolute Gasteiger partial charge is 0.366 e. The highest BCUT2D eigenvalue weighted by atomic mass is 15.3. The summed E-state index contributed by atoms with van der Waals surface area (Å²) in [6.07, 6.45) is 8.40. The van der Waals surface area contributed by atoms with Crippen molar-refractivity contribution in [3.05, 3.63) is 29.8 Å². The molecule has 1 unspecified atom stereocenters. The summed E-state index contributed by atoms with van der Waals surface area (Å²) in [5.41, 5.74) is 3.64. The first-order valence-electron chi connectivity index (χ1n) is 11.0. The Kier molecular flexibility index (Phi) is 5.07. The van der Waals surface area contributed by atoms with Crippen molar-refractivity contribution in [2.75, 3.05) is 24.5 Å². The molecule has 144 valence electrons. The van der Waals surface area contributed by atoms with Crippen molar-refractivity contribution in [2.24, 2.45) is 11.3 Å². The molecule has 1 heterocycles. The van der Waals surface area contributed by atoms with E-state index in [1.54, 1.807) is 5.56 Å². The van der Waals surface area contributed by atoms with Gasteiger partial charge in [0.15, 0.2) is 0 Å². The summed E-state index contributed by atoms with van der Waals surface area (Å²) < 4.78 is 0. The molecule has 0 N–H and O–H groups in total. The summed E-state index contributed by atoms with van der Waals surface area (Å²) in [5, 5.41) is 0. The smallest absolute Gasteiger partial charge is 0.0404 e. The van der Waals surface area contributed by atoms with Gasteiger partial charge in [0.2, 0.25) is 0 Å². The van der Waals surface area contributed by atoms with E-state index in [1.165, 1.54) is 63.8 Å². The Bertz CT molecular complexity index is 605. The van der Waals surface area contributed by atoms with Crippen LogP contribution in [-0.2, 0) is 0 Å². The third kappa shape index (κ3) is 3.81. The highest BCUT2D eigenvalue weighted by Gasteiger charge is 2.36. The molecule has 1 aliphatic heterocycles. The predicted octanol–water partition coefficient (Wildman–Crippen LogP) is 5.68. The SMILES string of the molecule is CC1CN(C2CC2)CCN1c1ccccc1C1CCC(C(C)(C)C)CC1. The summed E-state index contributed by atoms with van der Waals surface area (Å²) >= 11 is 0. The van der Waals surface area contributed by atoms with Gasteiger partial charge < -0.3 is 4.90 Å². The van der Waals surface area contributed by atoms with Crippen LogP contribution in [0.3, 0.4) is 0 Å². The summed E-state index contributed by atoms with van der Waals surface area (Å²) in [5.74, 6) is 1.66. The third-order valence-electron chi connectivity index (χ3n) is 7.36. The van der Waals surface area contributed by atoms with Crippen molar-refractivity contribution in [1.29, 1.82) is 0 Å². The van der Waals surface area contributed by atoms with Crippen LogP contribution in [0.4, 0.5) is 5.69 Å². The van der Waals surface area contributed by atoms with Gasteiger partial charge in [0.1, 0.15) is 0 Å². The molecule has 26 heavy (non-hydrogen) atoms. The fourth-order valence-electron chi connectivity index (χ4n) is 5.48. The maximum atomic E-state index is 2.73. The molecular formula is C24H38N2. The molecule has 0 radical (unpaired) electrons. The first-order chi connectivity index (χ1) is 12.4. The van der Waals surface area contributed by atoms with Crippen molar-refractivity contribution < 1.29 is 0 Å². The Morgan fingerprint density at radius 2 is 1.58 bits per heavy atom. The highest BCUT2D eigenvalue weighted by Crippen LogP contribution is 2.45. The molecule has 2 heteroatoms. The maximum absolute atomic E-state index is 2.73. The van der Waals surface area contributed by atoms with Gasteiger partial charge in [0, 0.05) is 37.4 Å². The van der Waals surface area contributed by atoms with Crippen molar-refractivity contribution in [2.45, 2.75) is 84.2 Å². The summed E-state index contributed by atoms with van der Waals surface area (Å²) in [7, 11) is 0. The molecule has 1 atom stereocenters. The lowest BCUT2D eigenvalue weighted by atomic mass is 9.68. The Hall–Kier alpha value is -1.02. The zero-order valence-corrected chi connectivity index (χ0v) is 17.4. The van der Waals surface area contributed by atoms with Crippen LogP contribution < -0.4 is 4.90 Å². The second-order valence-corrected chi connectivity index (χ2v) is 10.2. The van der Waals surface area contributed by atoms with Crippen molar-refractivity contribution in [1.82, 2.24) is 4.90 Å². The topological polar surface area (TPSA) is 6.48 Å². The molecule has 0 spiro atoms. The van der Waals surface area contributed by atoms with E-state index in [4.69, 9.17) is 0 Å². The minimum Gasteiger partial charge on any atom is -0.366 e. The quantitative estimate of drug-likeness (QED) is 0.689. The standard InChI is InChI=1S/C24H38N2/c1-18-17-25(21-13-14-21)15-16-26(18)23-8-6-5-7-22(23)19-9-11-20(12-10-19)24(2,3)4/h5-8,18-21H,9-17H2,1-4H3. The van der Waals surface area contributed by atoms with Gasteiger partial charge in [-0.1, -0.05) is 39.0 Å². The first kappa shape index (κ1) is 18.3. The predicted molar refractivity (Wildman–Crippen MR) is 112 cm³/mol. The minimum absolute atomic E-state index is 0.470. The van der Waals surface area contributed by atoms with Crippen LogP contribution in [0.2, 0.25) is 0 Å². The zero-order chi connectivity index (χ0) is 18.3. The number of piperazine rings is 1. The van der Waals surface area contributed by atoms with Gasteiger partial charge in [-0.25, -0.2) is 0 Å². The van der Waals surface area contributed by atoms with Crippen LogP contribution in [0.5, 0.6) is 0 Å². The van der Waals surface area contributed by atoms with Crippen LogP contribution in [-0.4, -0.2) is 36.6 Å². The fourth-order valence-corrected chi connectivity index (χ4v) is 5.48. The molecule has 4 rings (SSSR count). The molecule has 3 fully saturated rings. The maximum Gasteiger partial charge on any atom is 0.0404 e. The van der Waals surface area contributed by atoms with Crippen LogP contribution in [0.1, 0.15) is 77.7 Å². The van der Waals surface area contributed by atoms with Gasteiger partial charge in [-0.15, -0.1) is 0 Å².